The molecule has 0 fully saturated rings. The second-order valence-electron chi connectivity index (χ2n) is 14.5. The van der Waals surface area contributed by atoms with Gasteiger partial charge in [-0.25, -0.2) is 9.97 Å². The first-order valence-corrected chi connectivity index (χ1v) is 17.5. The largest absolute Gasteiger partial charge is 0.306 e. The van der Waals surface area contributed by atoms with Crippen LogP contribution in [0.15, 0.2) is 127 Å². The van der Waals surface area contributed by atoms with Crippen LogP contribution < -0.4 is 4.90 Å². The minimum absolute atomic E-state index is 0.143. The molecule has 3 nitrogen and oxygen atoms in total. The van der Waals surface area contributed by atoms with Crippen LogP contribution in [0.4, 0.5) is 17.1 Å². The van der Waals surface area contributed by atoms with Gasteiger partial charge in [0.25, 0.3) is 0 Å². The van der Waals surface area contributed by atoms with Gasteiger partial charge in [0.2, 0.25) is 0 Å². The van der Waals surface area contributed by atoms with E-state index >= 15 is 0 Å². The summed E-state index contributed by atoms with van der Waals surface area (Å²) in [5, 5.41) is 7.19. The van der Waals surface area contributed by atoms with Crippen LogP contribution in [0.5, 0.6) is 0 Å². The Bertz CT molecular complexity index is 2550. The number of rotatable bonds is 3. The van der Waals surface area contributed by atoms with Crippen molar-refractivity contribution in [3.8, 4) is 22.5 Å². The zero-order chi connectivity index (χ0) is 34.3. The van der Waals surface area contributed by atoms with Crippen molar-refractivity contribution in [2.24, 2.45) is 0 Å². The molecule has 0 N–H and O–H groups in total. The molecule has 3 heteroatoms. The number of hydrogen-bond donors (Lipinski definition) is 0. The average Bonchev–Trinajstić information content (AvgIpc) is 3.11. The Hall–Kier alpha value is -5.80. The molecule has 0 unspecified atom stereocenters. The van der Waals surface area contributed by atoms with Crippen LogP contribution in [0.1, 0.15) is 47.5 Å². The SMILES string of the molecule is Cc1ccc2c(c1)N(c1c(C)nc(-c3c4ccccc4c(-c4ccc5ccccc5c4)c4ccccc34)nc1C)c1cc(C)ccc1C2(C)C. The molecule has 242 valence electrons. The summed E-state index contributed by atoms with van der Waals surface area (Å²) in [4.78, 5) is 13.2. The molecule has 50 heavy (non-hydrogen) atoms. The number of fused-ring (bicyclic) bond motifs is 5. The fourth-order valence-electron chi connectivity index (χ4n) is 8.40. The minimum atomic E-state index is -0.143. The second kappa shape index (κ2) is 11.1. The molecule has 1 aliphatic rings. The Morgan fingerprint density at radius 3 is 1.50 bits per heavy atom. The summed E-state index contributed by atoms with van der Waals surface area (Å²) >= 11 is 0. The predicted molar refractivity (Wildman–Crippen MR) is 211 cm³/mol. The Balaban J connectivity index is 1.29. The van der Waals surface area contributed by atoms with Crippen molar-refractivity contribution in [2.45, 2.75) is 47.0 Å². The highest BCUT2D eigenvalue weighted by Crippen LogP contribution is 2.53. The zero-order valence-electron chi connectivity index (χ0n) is 29.5. The van der Waals surface area contributed by atoms with E-state index in [1.165, 1.54) is 66.3 Å². The summed E-state index contributed by atoms with van der Waals surface area (Å²) in [6.07, 6.45) is 0. The molecule has 0 bridgehead atoms. The molecule has 0 spiro atoms. The number of benzene rings is 7. The Morgan fingerprint density at radius 1 is 0.480 bits per heavy atom. The van der Waals surface area contributed by atoms with Gasteiger partial charge in [0, 0.05) is 11.0 Å². The summed E-state index contributed by atoms with van der Waals surface area (Å²) in [7, 11) is 0. The third-order valence-electron chi connectivity index (χ3n) is 10.8. The second-order valence-corrected chi connectivity index (χ2v) is 14.5. The van der Waals surface area contributed by atoms with Crippen molar-refractivity contribution in [3.05, 3.63) is 161 Å². The summed E-state index contributed by atoms with van der Waals surface area (Å²) in [5.41, 5.74) is 13.8. The normalized spacial score (nSPS) is 13.5. The molecule has 9 rings (SSSR count). The van der Waals surface area contributed by atoms with Gasteiger partial charge in [-0.1, -0.05) is 123 Å². The van der Waals surface area contributed by atoms with Crippen molar-refractivity contribution in [2.75, 3.05) is 4.90 Å². The molecule has 0 saturated heterocycles. The van der Waals surface area contributed by atoms with Crippen LogP contribution in [0.3, 0.4) is 0 Å². The first-order chi connectivity index (χ1) is 24.2. The van der Waals surface area contributed by atoms with Crippen molar-refractivity contribution in [1.82, 2.24) is 9.97 Å². The highest BCUT2D eigenvalue weighted by Gasteiger charge is 2.38. The molecule has 8 aromatic rings. The third-order valence-corrected chi connectivity index (χ3v) is 10.8. The molecule has 0 saturated carbocycles. The molecule has 7 aromatic carbocycles. The minimum Gasteiger partial charge on any atom is -0.306 e. The maximum absolute atomic E-state index is 5.40. The fraction of sp³-hybridized carbons (Fsp3) is 0.149. The van der Waals surface area contributed by atoms with E-state index in [9.17, 15) is 0 Å². The molecule has 1 aliphatic heterocycles. The Kier molecular flexibility index (Phi) is 6.73. The standard InChI is InChI=1S/C47H39N3/c1-28-19-23-39-41(25-28)50(42-26-29(2)20-24-40(42)47(39,5)6)45-30(3)48-46(49-31(45)4)44-37-17-11-9-15-35(37)43(36-16-10-12-18-38(36)44)34-22-21-32-13-7-8-14-33(32)27-34/h7-27H,1-6H3. The number of aryl methyl sites for hydroxylation is 4. The van der Waals surface area contributed by atoms with Gasteiger partial charge >= 0.3 is 0 Å². The van der Waals surface area contributed by atoms with E-state index in [4.69, 9.17) is 9.97 Å². The summed E-state index contributed by atoms with van der Waals surface area (Å²) in [6, 6.07) is 46.6. The van der Waals surface area contributed by atoms with Gasteiger partial charge in [0.1, 0.15) is 0 Å². The van der Waals surface area contributed by atoms with Gasteiger partial charge in [-0.15, -0.1) is 0 Å². The average molecular weight is 646 g/mol. The fourth-order valence-corrected chi connectivity index (χ4v) is 8.40. The number of hydrogen-bond acceptors (Lipinski definition) is 3. The van der Waals surface area contributed by atoms with Crippen molar-refractivity contribution < 1.29 is 0 Å². The van der Waals surface area contributed by atoms with Gasteiger partial charge in [0.15, 0.2) is 5.82 Å². The van der Waals surface area contributed by atoms with Crippen molar-refractivity contribution >= 4 is 49.4 Å². The lowest BCUT2D eigenvalue weighted by Crippen LogP contribution is -2.31. The summed E-state index contributed by atoms with van der Waals surface area (Å²) in [5.74, 6) is 0.757. The van der Waals surface area contributed by atoms with Gasteiger partial charge in [-0.05, 0) is 112 Å². The molecular weight excluding hydrogens is 607 g/mol. The maximum Gasteiger partial charge on any atom is 0.161 e. The number of anilines is 3. The molecule has 0 amide bonds. The van der Waals surface area contributed by atoms with E-state index in [1.807, 2.05) is 0 Å². The van der Waals surface area contributed by atoms with Crippen molar-refractivity contribution in [1.29, 1.82) is 0 Å². The number of nitrogens with zero attached hydrogens (tertiary/aromatic N) is 3. The van der Waals surface area contributed by atoms with E-state index in [-0.39, 0.29) is 5.41 Å². The van der Waals surface area contributed by atoms with Crippen LogP contribution in [-0.2, 0) is 5.41 Å². The Morgan fingerprint density at radius 2 is 0.960 bits per heavy atom. The molecule has 0 radical (unpaired) electrons. The summed E-state index contributed by atoms with van der Waals surface area (Å²) in [6.45, 7) is 13.3. The highest BCUT2D eigenvalue weighted by atomic mass is 15.2. The van der Waals surface area contributed by atoms with E-state index < -0.39 is 0 Å². The van der Waals surface area contributed by atoms with Gasteiger partial charge in [0.05, 0.1) is 28.5 Å². The zero-order valence-corrected chi connectivity index (χ0v) is 29.5. The lowest BCUT2D eigenvalue weighted by atomic mass is 9.73. The molecule has 2 heterocycles. The van der Waals surface area contributed by atoms with E-state index in [2.05, 4.69) is 174 Å². The molecular formula is C47H39N3. The smallest absolute Gasteiger partial charge is 0.161 e. The quantitative estimate of drug-likeness (QED) is 0.179. The van der Waals surface area contributed by atoms with Crippen LogP contribution in [-0.4, -0.2) is 9.97 Å². The third kappa shape index (κ3) is 4.50. The van der Waals surface area contributed by atoms with E-state index in [0.29, 0.717) is 0 Å². The molecule has 0 atom stereocenters. The maximum atomic E-state index is 5.40. The van der Waals surface area contributed by atoms with Crippen LogP contribution >= 0.6 is 0 Å². The van der Waals surface area contributed by atoms with Gasteiger partial charge in [-0.2, -0.15) is 0 Å². The molecule has 0 aliphatic carbocycles. The van der Waals surface area contributed by atoms with Crippen LogP contribution in [0, 0.1) is 27.7 Å². The van der Waals surface area contributed by atoms with E-state index in [1.54, 1.807) is 0 Å². The first kappa shape index (κ1) is 30.3. The first-order valence-electron chi connectivity index (χ1n) is 17.5. The summed E-state index contributed by atoms with van der Waals surface area (Å²) < 4.78 is 0. The van der Waals surface area contributed by atoms with Crippen LogP contribution in [0.2, 0.25) is 0 Å². The highest BCUT2D eigenvalue weighted by molar-refractivity contribution is 6.21. The predicted octanol–water partition coefficient (Wildman–Crippen LogP) is 12.6. The lowest BCUT2D eigenvalue weighted by Gasteiger charge is -2.43. The van der Waals surface area contributed by atoms with Gasteiger partial charge < -0.3 is 4.90 Å². The van der Waals surface area contributed by atoms with Gasteiger partial charge in [-0.3, -0.25) is 0 Å². The topological polar surface area (TPSA) is 29.0 Å². The monoisotopic (exact) mass is 645 g/mol. The van der Waals surface area contributed by atoms with E-state index in [0.717, 1.165) is 39.2 Å². The Labute approximate surface area is 293 Å². The van der Waals surface area contributed by atoms with Crippen LogP contribution in [0.25, 0.3) is 54.8 Å². The van der Waals surface area contributed by atoms with Crippen molar-refractivity contribution in [3.63, 3.8) is 0 Å². The number of aromatic nitrogens is 2. The lowest BCUT2D eigenvalue weighted by molar-refractivity contribution is 0.631. The molecule has 1 aromatic heterocycles.